The number of hydrogen-bond acceptors (Lipinski definition) is 3. The maximum Gasteiger partial charge on any atom is 0.240 e. The van der Waals surface area contributed by atoms with Gasteiger partial charge in [-0.2, -0.15) is 0 Å². The van der Waals surface area contributed by atoms with Gasteiger partial charge >= 0.3 is 0 Å². The van der Waals surface area contributed by atoms with Gasteiger partial charge in [0.05, 0.1) is 21.5 Å². The minimum absolute atomic E-state index is 0.0866. The highest BCUT2D eigenvalue weighted by molar-refractivity contribution is 7.89. The monoisotopic (exact) mass is 345 g/mol. The molecule has 0 aromatic heterocycles. The van der Waals surface area contributed by atoms with Gasteiger partial charge in [-0.25, -0.2) is 13.1 Å². The van der Waals surface area contributed by atoms with E-state index in [0.717, 1.165) is 0 Å². The summed E-state index contributed by atoms with van der Waals surface area (Å²) in [5, 5.41) is 0.519. The minimum atomic E-state index is -3.57. The first-order chi connectivity index (χ1) is 8.97. The zero-order chi connectivity index (χ0) is 14.3. The Morgan fingerprint density at radius 2 is 1.89 bits per heavy atom. The normalized spacial score (nSPS) is 11.7. The van der Waals surface area contributed by atoms with Crippen LogP contribution >= 0.6 is 34.8 Å². The van der Waals surface area contributed by atoms with Crippen molar-refractivity contribution >= 4 is 44.8 Å². The van der Waals surface area contributed by atoms with Gasteiger partial charge in [0.2, 0.25) is 10.0 Å². The van der Waals surface area contributed by atoms with Crippen LogP contribution in [0.2, 0.25) is 10.0 Å². The third-order valence-corrected chi connectivity index (χ3v) is 4.53. The van der Waals surface area contributed by atoms with Crippen molar-refractivity contribution < 1.29 is 13.2 Å². The summed E-state index contributed by atoms with van der Waals surface area (Å²) in [6.45, 7) is 1.20. The van der Waals surface area contributed by atoms with Crippen molar-refractivity contribution in [3.05, 3.63) is 28.2 Å². The lowest BCUT2D eigenvalue weighted by molar-refractivity contribution is 0.147. The number of benzene rings is 1. The van der Waals surface area contributed by atoms with E-state index in [0.29, 0.717) is 30.5 Å². The molecule has 0 aliphatic heterocycles. The van der Waals surface area contributed by atoms with E-state index >= 15 is 0 Å². The molecule has 0 bridgehead atoms. The van der Waals surface area contributed by atoms with Gasteiger partial charge in [-0.15, -0.1) is 11.6 Å². The predicted octanol–water partition coefficient (Wildman–Crippen LogP) is 2.92. The maximum absolute atomic E-state index is 11.9. The molecule has 0 aliphatic rings. The van der Waals surface area contributed by atoms with E-state index in [-0.39, 0.29) is 16.5 Å². The molecule has 1 rings (SSSR count). The second kappa shape index (κ2) is 8.29. The molecule has 0 atom stereocenters. The standard InChI is InChI=1S/C11H14Cl3NO3S/c12-4-7-18-6-1-5-15-19(16,17)9-2-3-10(13)11(14)8-9/h2-3,8,15H,1,4-7H2. The average molecular weight is 347 g/mol. The molecule has 0 unspecified atom stereocenters. The van der Waals surface area contributed by atoms with E-state index in [4.69, 9.17) is 39.5 Å². The molecule has 0 radical (unpaired) electrons. The van der Waals surface area contributed by atoms with Gasteiger partial charge in [-0.1, -0.05) is 23.2 Å². The van der Waals surface area contributed by atoms with Gasteiger partial charge in [0.15, 0.2) is 0 Å². The lowest BCUT2D eigenvalue weighted by Gasteiger charge is -2.07. The van der Waals surface area contributed by atoms with E-state index in [2.05, 4.69) is 4.72 Å². The molecule has 108 valence electrons. The Labute approximate surface area is 128 Å². The zero-order valence-corrected chi connectivity index (χ0v) is 13.1. The Kier molecular flexibility index (Phi) is 7.42. The summed E-state index contributed by atoms with van der Waals surface area (Å²) in [4.78, 5) is 0.0866. The SMILES string of the molecule is O=S(=O)(NCCCOCCCl)c1ccc(Cl)c(Cl)c1. The first-order valence-corrected chi connectivity index (χ1v) is 8.33. The molecule has 0 aliphatic carbocycles. The summed E-state index contributed by atoms with van der Waals surface area (Å²) < 4.78 is 31.4. The topological polar surface area (TPSA) is 55.4 Å². The van der Waals surface area contributed by atoms with Crippen molar-refractivity contribution in [2.24, 2.45) is 0 Å². The van der Waals surface area contributed by atoms with E-state index in [1.54, 1.807) is 0 Å². The molecular weight excluding hydrogens is 333 g/mol. The fraction of sp³-hybridized carbons (Fsp3) is 0.455. The first-order valence-electron chi connectivity index (χ1n) is 5.56. The largest absolute Gasteiger partial charge is 0.380 e. The molecule has 8 heteroatoms. The fourth-order valence-electron chi connectivity index (χ4n) is 1.26. The fourth-order valence-corrected chi connectivity index (χ4v) is 2.84. The number of sulfonamides is 1. The molecule has 4 nitrogen and oxygen atoms in total. The van der Waals surface area contributed by atoms with E-state index in [9.17, 15) is 8.42 Å². The summed E-state index contributed by atoms with van der Waals surface area (Å²) in [7, 11) is -3.57. The summed E-state index contributed by atoms with van der Waals surface area (Å²) in [5.41, 5.74) is 0. The van der Waals surface area contributed by atoms with Gasteiger partial charge in [-0.3, -0.25) is 0 Å². The highest BCUT2D eigenvalue weighted by atomic mass is 35.5. The zero-order valence-electron chi connectivity index (χ0n) is 10.0. The summed E-state index contributed by atoms with van der Waals surface area (Å²) >= 11 is 16.9. The van der Waals surface area contributed by atoms with Crippen molar-refractivity contribution in [1.29, 1.82) is 0 Å². The quantitative estimate of drug-likeness (QED) is 0.581. The molecule has 1 N–H and O–H groups in total. The van der Waals surface area contributed by atoms with Crippen LogP contribution in [0.3, 0.4) is 0 Å². The Hall–Kier alpha value is -0.0400. The van der Waals surface area contributed by atoms with Crippen molar-refractivity contribution in [1.82, 2.24) is 4.72 Å². The highest BCUT2D eigenvalue weighted by Gasteiger charge is 2.14. The minimum Gasteiger partial charge on any atom is -0.380 e. The van der Waals surface area contributed by atoms with E-state index < -0.39 is 10.0 Å². The summed E-state index contributed by atoms with van der Waals surface area (Å²) in [5.74, 6) is 0.426. The van der Waals surface area contributed by atoms with Gasteiger partial charge in [0.25, 0.3) is 0 Å². The van der Waals surface area contributed by atoms with Crippen molar-refractivity contribution in [3.8, 4) is 0 Å². The Balaban J connectivity index is 2.49. The number of hydrogen-bond donors (Lipinski definition) is 1. The molecule has 0 amide bonds. The summed E-state index contributed by atoms with van der Waals surface area (Å²) in [6, 6.07) is 4.17. The van der Waals surface area contributed by atoms with Gasteiger partial charge in [0.1, 0.15) is 0 Å². The Morgan fingerprint density at radius 3 is 2.53 bits per heavy atom. The van der Waals surface area contributed by atoms with Crippen LogP contribution in [0.1, 0.15) is 6.42 Å². The molecule has 0 spiro atoms. The molecule has 19 heavy (non-hydrogen) atoms. The van der Waals surface area contributed by atoms with Gasteiger partial charge in [-0.05, 0) is 24.6 Å². The smallest absolute Gasteiger partial charge is 0.240 e. The van der Waals surface area contributed by atoms with Crippen LogP contribution in [0.15, 0.2) is 23.1 Å². The molecular formula is C11H14Cl3NO3S. The number of alkyl halides is 1. The van der Waals surface area contributed by atoms with Crippen molar-refractivity contribution in [2.45, 2.75) is 11.3 Å². The molecule has 1 aromatic carbocycles. The predicted molar refractivity (Wildman–Crippen MR) is 77.8 cm³/mol. The Bertz CT molecular complexity index is 508. The van der Waals surface area contributed by atoms with Crippen LogP contribution < -0.4 is 4.72 Å². The average Bonchev–Trinajstić information content (AvgIpc) is 2.36. The summed E-state index contributed by atoms with van der Waals surface area (Å²) in [6.07, 6.45) is 0.567. The lowest BCUT2D eigenvalue weighted by Crippen LogP contribution is -2.25. The van der Waals surface area contributed by atoms with Crippen LogP contribution in [0, 0.1) is 0 Å². The third kappa shape index (κ3) is 5.85. The number of halogens is 3. The maximum atomic E-state index is 11.9. The van der Waals surface area contributed by atoms with Crippen LogP contribution in [-0.2, 0) is 14.8 Å². The van der Waals surface area contributed by atoms with Crippen molar-refractivity contribution in [3.63, 3.8) is 0 Å². The lowest BCUT2D eigenvalue weighted by atomic mass is 10.4. The Morgan fingerprint density at radius 1 is 1.16 bits per heavy atom. The first kappa shape index (κ1) is 17.0. The number of rotatable bonds is 8. The number of ether oxygens (including phenoxy) is 1. The van der Waals surface area contributed by atoms with Crippen LogP contribution in [0.4, 0.5) is 0 Å². The molecule has 0 fully saturated rings. The molecule has 0 saturated heterocycles. The molecule has 0 saturated carbocycles. The molecule has 1 aromatic rings. The highest BCUT2D eigenvalue weighted by Crippen LogP contribution is 2.24. The van der Waals surface area contributed by atoms with Crippen LogP contribution in [-0.4, -0.2) is 34.1 Å². The van der Waals surface area contributed by atoms with Crippen LogP contribution in [0.25, 0.3) is 0 Å². The second-order valence-corrected chi connectivity index (χ2v) is 6.59. The van der Waals surface area contributed by atoms with E-state index in [1.165, 1.54) is 18.2 Å². The molecule has 0 heterocycles. The van der Waals surface area contributed by atoms with Gasteiger partial charge in [0, 0.05) is 19.0 Å². The van der Waals surface area contributed by atoms with Gasteiger partial charge < -0.3 is 4.74 Å². The van der Waals surface area contributed by atoms with Crippen molar-refractivity contribution in [2.75, 3.05) is 25.6 Å². The number of nitrogens with one attached hydrogen (secondary N) is 1. The second-order valence-electron chi connectivity index (χ2n) is 3.63. The third-order valence-electron chi connectivity index (χ3n) is 2.18. The van der Waals surface area contributed by atoms with E-state index in [1.807, 2.05) is 0 Å². The van der Waals surface area contributed by atoms with Crippen LogP contribution in [0.5, 0.6) is 0 Å².